The van der Waals surface area contributed by atoms with Crippen LogP contribution < -0.4 is 16.4 Å². The van der Waals surface area contributed by atoms with Crippen molar-refractivity contribution < 1.29 is 0 Å². The number of para-hydroxylation sites is 1. The van der Waals surface area contributed by atoms with Gasteiger partial charge in [-0.25, -0.2) is 0 Å². The molecule has 0 atom stereocenters. The molecule has 3 heteroatoms. The summed E-state index contributed by atoms with van der Waals surface area (Å²) in [5, 5.41) is 12.1. The molecular weight excluding hydrogens is 339 g/mol. The second-order valence-electron chi connectivity index (χ2n) is 7.68. The lowest BCUT2D eigenvalue weighted by atomic mass is 9.37. The van der Waals surface area contributed by atoms with Crippen molar-refractivity contribution in [1.29, 1.82) is 5.26 Å². The van der Waals surface area contributed by atoms with E-state index in [1.807, 2.05) is 6.07 Å². The van der Waals surface area contributed by atoms with Gasteiger partial charge in [0.2, 0.25) is 6.71 Å². The molecule has 126 valence electrons. The highest BCUT2D eigenvalue weighted by molar-refractivity contribution is 7.01. The molecule has 0 unspecified atom stereocenters. The second-order valence-corrected chi connectivity index (χ2v) is 7.68. The summed E-state index contributed by atoms with van der Waals surface area (Å²) >= 11 is 0. The fourth-order valence-corrected chi connectivity index (χ4v) is 5.42. The minimum atomic E-state index is 0.190. The van der Waals surface area contributed by atoms with Crippen LogP contribution in [0, 0.1) is 11.3 Å². The van der Waals surface area contributed by atoms with Crippen LogP contribution in [-0.2, 0) is 0 Å². The van der Waals surface area contributed by atoms with Crippen molar-refractivity contribution in [3.63, 3.8) is 0 Å². The Morgan fingerprint density at radius 1 is 0.750 bits per heavy atom. The maximum Gasteiger partial charge on any atom is 0.248 e. The Hall–Kier alpha value is -3.77. The van der Waals surface area contributed by atoms with Crippen LogP contribution in [0.3, 0.4) is 0 Å². The summed E-state index contributed by atoms with van der Waals surface area (Å²) in [6, 6.07) is 30.4. The largest absolute Gasteiger partial charge is 0.310 e. The highest BCUT2D eigenvalue weighted by Crippen LogP contribution is 2.37. The van der Waals surface area contributed by atoms with Crippen molar-refractivity contribution in [2.75, 3.05) is 0 Å². The Labute approximate surface area is 162 Å². The lowest BCUT2D eigenvalue weighted by Crippen LogP contribution is -2.53. The molecular formula is C25H13BN2. The van der Waals surface area contributed by atoms with Gasteiger partial charge < -0.3 is 4.57 Å². The molecule has 2 nitrogen and oxygen atoms in total. The maximum absolute atomic E-state index is 9.72. The van der Waals surface area contributed by atoms with Crippen LogP contribution in [0.5, 0.6) is 0 Å². The third-order valence-electron chi connectivity index (χ3n) is 6.41. The van der Waals surface area contributed by atoms with Gasteiger partial charge in [0.05, 0.1) is 17.1 Å². The summed E-state index contributed by atoms with van der Waals surface area (Å²) < 4.78 is 2.41. The molecule has 0 fully saturated rings. The predicted octanol–water partition coefficient (Wildman–Crippen LogP) is 3.47. The fraction of sp³-hybridized carbons (Fsp3) is 0. The molecule has 0 bridgehead atoms. The molecule has 2 aliphatic rings. The van der Waals surface area contributed by atoms with Crippen molar-refractivity contribution in [3.8, 4) is 22.9 Å². The predicted molar refractivity (Wildman–Crippen MR) is 116 cm³/mol. The molecule has 7 rings (SSSR count). The average Bonchev–Trinajstić information content (AvgIpc) is 3.27. The number of aromatic nitrogens is 1. The van der Waals surface area contributed by atoms with Crippen LogP contribution in [-0.4, -0.2) is 11.3 Å². The zero-order valence-corrected chi connectivity index (χ0v) is 15.0. The minimum absolute atomic E-state index is 0.190. The monoisotopic (exact) mass is 352 g/mol. The van der Waals surface area contributed by atoms with Gasteiger partial charge in [0.15, 0.2) is 0 Å². The van der Waals surface area contributed by atoms with Crippen molar-refractivity contribution in [3.05, 3.63) is 84.4 Å². The van der Waals surface area contributed by atoms with Gasteiger partial charge in [0.1, 0.15) is 0 Å². The number of rotatable bonds is 0. The molecule has 0 spiro atoms. The lowest BCUT2D eigenvalue weighted by molar-refractivity contribution is 1.19. The third-order valence-corrected chi connectivity index (χ3v) is 6.41. The quantitative estimate of drug-likeness (QED) is 0.384. The topological polar surface area (TPSA) is 28.7 Å². The first-order valence-electron chi connectivity index (χ1n) is 9.56. The van der Waals surface area contributed by atoms with Crippen molar-refractivity contribution in [2.24, 2.45) is 0 Å². The first-order chi connectivity index (χ1) is 13.9. The number of hydrogen-bond donors (Lipinski definition) is 0. The molecule has 0 aliphatic carbocycles. The van der Waals surface area contributed by atoms with Gasteiger partial charge in [0, 0.05) is 22.0 Å². The second kappa shape index (κ2) is 4.74. The number of nitriles is 1. The van der Waals surface area contributed by atoms with Gasteiger partial charge in [-0.05, 0) is 46.3 Å². The summed E-state index contributed by atoms with van der Waals surface area (Å²) in [7, 11) is 0. The smallest absolute Gasteiger partial charge is 0.248 e. The highest BCUT2D eigenvalue weighted by atomic mass is 15.0. The standard InChI is InChI=1S/C25H13BN2/c27-14-15-12-19-17-7-2-4-10-22(17)28-23-11-5-8-18-16-6-1-3-9-20(16)26(24(18)23)21(13-15)25(19)28/h1-13H. The molecule has 4 aromatic carbocycles. The first-order valence-corrected chi connectivity index (χ1v) is 9.56. The average molecular weight is 352 g/mol. The molecule has 0 radical (unpaired) electrons. The molecule has 1 aromatic heterocycles. The lowest BCUT2D eigenvalue weighted by Gasteiger charge is -2.24. The third kappa shape index (κ3) is 1.48. The van der Waals surface area contributed by atoms with Crippen LogP contribution in [0.2, 0.25) is 0 Å². The van der Waals surface area contributed by atoms with E-state index in [1.165, 1.54) is 55.0 Å². The van der Waals surface area contributed by atoms with Gasteiger partial charge in [-0.3, -0.25) is 0 Å². The minimum Gasteiger partial charge on any atom is -0.310 e. The zero-order chi connectivity index (χ0) is 18.4. The Morgan fingerprint density at radius 3 is 2.50 bits per heavy atom. The van der Waals surface area contributed by atoms with Crippen molar-refractivity contribution in [2.45, 2.75) is 0 Å². The van der Waals surface area contributed by atoms with E-state index in [9.17, 15) is 5.26 Å². The van der Waals surface area contributed by atoms with Gasteiger partial charge in [-0.2, -0.15) is 5.26 Å². The van der Waals surface area contributed by atoms with Gasteiger partial charge >= 0.3 is 0 Å². The van der Waals surface area contributed by atoms with Crippen molar-refractivity contribution in [1.82, 2.24) is 4.57 Å². The van der Waals surface area contributed by atoms with E-state index in [0.717, 1.165) is 5.56 Å². The SMILES string of the molecule is N#Cc1cc2c3c(c1)c1ccccc1n3-c1cccc3c1B2c1ccccc1-3. The molecule has 0 saturated heterocycles. The van der Waals surface area contributed by atoms with Crippen LogP contribution in [0.1, 0.15) is 5.56 Å². The van der Waals surface area contributed by atoms with E-state index in [1.54, 1.807) is 0 Å². The number of fused-ring (bicyclic) bond motifs is 8. The fourth-order valence-electron chi connectivity index (χ4n) is 5.42. The van der Waals surface area contributed by atoms with E-state index in [-0.39, 0.29) is 6.71 Å². The van der Waals surface area contributed by atoms with Crippen LogP contribution in [0.15, 0.2) is 78.9 Å². The van der Waals surface area contributed by atoms with E-state index >= 15 is 0 Å². The molecule has 3 heterocycles. The number of hydrogen-bond acceptors (Lipinski definition) is 1. The summed E-state index contributed by atoms with van der Waals surface area (Å²) in [6.07, 6.45) is 0. The molecule has 0 N–H and O–H groups in total. The molecule has 0 saturated carbocycles. The van der Waals surface area contributed by atoms with E-state index in [2.05, 4.69) is 83.4 Å². The molecule has 5 aromatic rings. The van der Waals surface area contributed by atoms with Crippen LogP contribution in [0.4, 0.5) is 0 Å². The zero-order valence-electron chi connectivity index (χ0n) is 15.0. The molecule has 2 aliphatic heterocycles. The van der Waals surface area contributed by atoms with E-state index < -0.39 is 0 Å². The Bertz CT molecular complexity index is 1530. The normalized spacial score (nSPS) is 12.9. The van der Waals surface area contributed by atoms with Crippen LogP contribution in [0.25, 0.3) is 38.6 Å². The number of benzene rings is 4. The molecule has 28 heavy (non-hydrogen) atoms. The number of nitrogens with zero attached hydrogens (tertiary/aromatic N) is 2. The van der Waals surface area contributed by atoms with Gasteiger partial charge in [0.25, 0.3) is 0 Å². The summed E-state index contributed by atoms with van der Waals surface area (Å²) in [6.45, 7) is 0.190. The summed E-state index contributed by atoms with van der Waals surface area (Å²) in [4.78, 5) is 0. The first kappa shape index (κ1) is 14.3. The van der Waals surface area contributed by atoms with Crippen molar-refractivity contribution >= 4 is 44.9 Å². The van der Waals surface area contributed by atoms with E-state index in [0.29, 0.717) is 0 Å². The van der Waals surface area contributed by atoms with Crippen LogP contribution >= 0.6 is 0 Å². The maximum atomic E-state index is 9.72. The Kier molecular flexibility index (Phi) is 2.42. The molecule has 0 amide bonds. The highest BCUT2D eigenvalue weighted by Gasteiger charge is 2.40. The summed E-state index contributed by atoms with van der Waals surface area (Å²) in [5.74, 6) is 0. The van der Waals surface area contributed by atoms with Gasteiger partial charge in [-0.1, -0.05) is 60.1 Å². The van der Waals surface area contributed by atoms with Gasteiger partial charge in [-0.15, -0.1) is 0 Å². The van der Waals surface area contributed by atoms with E-state index in [4.69, 9.17) is 0 Å². The summed E-state index contributed by atoms with van der Waals surface area (Å²) in [5.41, 5.74) is 11.0. The Balaban J connectivity index is 1.79. The Morgan fingerprint density at radius 2 is 1.57 bits per heavy atom.